The minimum atomic E-state index is -3.34. The van der Waals surface area contributed by atoms with Gasteiger partial charge in [0.1, 0.15) is 0 Å². The van der Waals surface area contributed by atoms with Crippen molar-refractivity contribution in [2.75, 3.05) is 6.26 Å². The first-order chi connectivity index (χ1) is 13.7. The monoisotopic (exact) mass is 411 g/mol. The zero-order valence-corrected chi connectivity index (χ0v) is 17.1. The van der Waals surface area contributed by atoms with Crippen LogP contribution in [-0.4, -0.2) is 31.1 Å². The average Bonchev–Trinajstić information content (AvgIpc) is 3.03. The van der Waals surface area contributed by atoms with Crippen LogP contribution < -0.4 is 10.9 Å². The molecule has 0 bridgehead atoms. The second-order valence-electron chi connectivity index (χ2n) is 6.70. The molecule has 0 radical (unpaired) electrons. The van der Waals surface area contributed by atoms with Gasteiger partial charge in [-0.15, -0.1) is 0 Å². The SMILES string of the molecule is Cc1ccc(C)n1-c1ccc(C(=O)NNC(=O)c2ccc(S(C)(=O)=O)cc2)cc1. The van der Waals surface area contributed by atoms with Gasteiger partial charge in [-0.25, -0.2) is 8.42 Å². The Labute approximate surface area is 169 Å². The van der Waals surface area contributed by atoms with Crippen molar-refractivity contribution < 1.29 is 18.0 Å². The Bertz CT molecular complexity index is 1140. The molecule has 0 aliphatic heterocycles. The Hall–Kier alpha value is -3.39. The highest BCUT2D eigenvalue weighted by Gasteiger charge is 2.12. The zero-order valence-electron chi connectivity index (χ0n) is 16.3. The summed E-state index contributed by atoms with van der Waals surface area (Å²) in [6, 6.07) is 16.5. The van der Waals surface area contributed by atoms with Gasteiger partial charge >= 0.3 is 0 Å². The number of hydrazine groups is 1. The number of rotatable bonds is 4. The van der Waals surface area contributed by atoms with Gasteiger partial charge in [0, 0.05) is 34.5 Å². The second kappa shape index (κ2) is 7.92. The van der Waals surface area contributed by atoms with Gasteiger partial charge < -0.3 is 4.57 Å². The molecule has 0 unspecified atom stereocenters. The first-order valence-corrected chi connectivity index (χ1v) is 10.7. The van der Waals surface area contributed by atoms with E-state index in [-0.39, 0.29) is 10.5 Å². The summed E-state index contributed by atoms with van der Waals surface area (Å²) in [5.41, 5.74) is 8.42. The van der Waals surface area contributed by atoms with E-state index in [0.717, 1.165) is 23.3 Å². The number of sulfone groups is 1. The number of nitrogens with one attached hydrogen (secondary N) is 2. The molecule has 0 saturated carbocycles. The van der Waals surface area contributed by atoms with Gasteiger partial charge in [0.25, 0.3) is 11.8 Å². The third kappa shape index (κ3) is 4.55. The molecule has 2 aromatic carbocycles. The summed E-state index contributed by atoms with van der Waals surface area (Å²) in [4.78, 5) is 24.6. The lowest BCUT2D eigenvalue weighted by Gasteiger charge is -2.11. The quantitative estimate of drug-likeness (QED) is 0.645. The third-order valence-corrected chi connectivity index (χ3v) is 5.62. The molecular weight excluding hydrogens is 390 g/mol. The predicted octanol–water partition coefficient (Wildman–Crippen LogP) is 2.57. The van der Waals surface area contributed by atoms with Crippen LogP contribution in [-0.2, 0) is 9.84 Å². The van der Waals surface area contributed by atoms with Crippen molar-refractivity contribution in [2.24, 2.45) is 0 Å². The number of amides is 2. The average molecular weight is 411 g/mol. The molecule has 1 aromatic heterocycles. The molecule has 0 aliphatic rings. The molecule has 3 aromatic rings. The van der Waals surface area contributed by atoms with Gasteiger partial charge in [-0.1, -0.05) is 0 Å². The number of carbonyl (C=O) groups excluding carboxylic acids is 2. The fourth-order valence-electron chi connectivity index (χ4n) is 2.95. The van der Waals surface area contributed by atoms with E-state index in [2.05, 4.69) is 15.4 Å². The molecule has 0 atom stereocenters. The maximum Gasteiger partial charge on any atom is 0.269 e. The van der Waals surface area contributed by atoms with E-state index in [1.165, 1.54) is 24.3 Å². The van der Waals surface area contributed by atoms with Crippen LogP contribution in [0.4, 0.5) is 0 Å². The largest absolute Gasteiger partial charge is 0.319 e. The number of hydrogen-bond acceptors (Lipinski definition) is 4. The van der Waals surface area contributed by atoms with E-state index in [1.54, 1.807) is 12.1 Å². The van der Waals surface area contributed by atoms with Crippen molar-refractivity contribution in [1.82, 2.24) is 15.4 Å². The van der Waals surface area contributed by atoms with Crippen LogP contribution in [0.5, 0.6) is 0 Å². The Morgan fingerprint density at radius 2 is 1.14 bits per heavy atom. The van der Waals surface area contributed by atoms with Crippen molar-refractivity contribution in [1.29, 1.82) is 0 Å². The van der Waals surface area contributed by atoms with Crippen LogP contribution in [0.1, 0.15) is 32.1 Å². The summed E-state index contributed by atoms with van der Waals surface area (Å²) in [6.45, 7) is 4.01. The number of benzene rings is 2. The molecule has 0 fully saturated rings. The summed E-state index contributed by atoms with van der Waals surface area (Å²) in [5.74, 6) is -1.01. The molecule has 0 saturated heterocycles. The summed E-state index contributed by atoms with van der Waals surface area (Å²) in [5, 5.41) is 0. The van der Waals surface area contributed by atoms with E-state index in [1.807, 2.05) is 38.1 Å². The molecule has 0 aliphatic carbocycles. The summed E-state index contributed by atoms with van der Waals surface area (Å²) in [6.07, 6.45) is 1.09. The lowest BCUT2D eigenvalue weighted by molar-refractivity contribution is 0.0846. The molecular formula is C21H21N3O4S. The summed E-state index contributed by atoms with van der Waals surface area (Å²) in [7, 11) is -3.34. The van der Waals surface area contributed by atoms with Crippen molar-refractivity contribution >= 4 is 21.7 Å². The number of aromatic nitrogens is 1. The smallest absolute Gasteiger partial charge is 0.269 e. The summed E-state index contributed by atoms with van der Waals surface area (Å²) >= 11 is 0. The fourth-order valence-corrected chi connectivity index (χ4v) is 3.58. The highest BCUT2D eigenvalue weighted by molar-refractivity contribution is 7.90. The highest BCUT2D eigenvalue weighted by Crippen LogP contribution is 2.17. The van der Waals surface area contributed by atoms with Crippen molar-refractivity contribution in [2.45, 2.75) is 18.7 Å². The van der Waals surface area contributed by atoms with Crippen LogP contribution in [0.15, 0.2) is 65.6 Å². The molecule has 29 heavy (non-hydrogen) atoms. The van der Waals surface area contributed by atoms with E-state index in [9.17, 15) is 18.0 Å². The number of nitrogens with zero attached hydrogens (tertiary/aromatic N) is 1. The Balaban J connectivity index is 1.64. The third-order valence-electron chi connectivity index (χ3n) is 4.49. The molecule has 150 valence electrons. The van der Waals surface area contributed by atoms with Gasteiger partial charge in [0.15, 0.2) is 9.84 Å². The van der Waals surface area contributed by atoms with Crippen LogP contribution in [0.2, 0.25) is 0 Å². The van der Waals surface area contributed by atoms with E-state index < -0.39 is 21.7 Å². The lowest BCUT2D eigenvalue weighted by Crippen LogP contribution is -2.41. The van der Waals surface area contributed by atoms with Crippen LogP contribution in [0.25, 0.3) is 5.69 Å². The normalized spacial score (nSPS) is 11.1. The number of aryl methyl sites for hydroxylation is 2. The van der Waals surface area contributed by atoms with E-state index in [0.29, 0.717) is 5.56 Å². The molecule has 0 spiro atoms. The molecule has 7 nitrogen and oxygen atoms in total. The lowest BCUT2D eigenvalue weighted by atomic mass is 10.2. The van der Waals surface area contributed by atoms with E-state index >= 15 is 0 Å². The van der Waals surface area contributed by atoms with E-state index in [4.69, 9.17) is 0 Å². The van der Waals surface area contributed by atoms with Gasteiger partial charge in [0.05, 0.1) is 4.90 Å². The first-order valence-electron chi connectivity index (χ1n) is 8.83. The second-order valence-corrected chi connectivity index (χ2v) is 8.72. The highest BCUT2D eigenvalue weighted by atomic mass is 32.2. The topological polar surface area (TPSA) is 97.3 Å². The Morgan fingerprint density at radius 3 is 1.55 bits per heavy atom. The van der Waals surface area contributed by atoms with Crippen LogP contribution in [0.3, 0.4) is 0 Å². The predicted molar refractivity (Wildman–Crippen MR) is 110 cm³/mol. The minimum absolute atomic E-state index is 0.117. The first kappa shape index (κ1) is 20.3. The standard InChI is InChI=1S/C21H21N3O4S/c1-14-4-5-15(2)24(14)18-10-6-16(7-11-18)20(25)22-23-21(26)17-8-12-19(13-9-17)29(3,27)28/h4-13H,1-3H3,(H,22,25)(H,23,26). The molecule has 3 rings (SSSR count). The number of carbonyl (C=O) groups is 2. The summed E-state index contributed by atoms with van der Waals surface area (Å²) < 4.78 is 25.0. The van der Waals surface area contributed by atoms with Crippen molar-refractivity contribution in [3.05, 3.63) is 83.2 Å². The van der Waals surface area contributed by atoms with Crippen molar-refractivity contribution in [3.8, 4) is 5.69 Å². The van der Waals surface area contributed by atoms with Gasteiger partial charge in [-0.2, -0.15) is 0 Å². The fraction of sp³-hybridized carbons (Fsp3) is 0.143. The van der Waals surface area contributed by atoms with Gasteiger partial charge in [0.2, 0.25) is 0 Å². The molecule has 8 heteroatoms. The minimum Gasteiger partial charge on any atom is -0.319 e. The maximum absolute atomic E-state index is 12.3. The molecule has 1 heterocycles. The van der Waals surface area contributed by atoms with Crippen LogP contribution >= 0.6 is 0 Å². The molecule has 2 amide bonds. The number of hydrogen-bond donors (Lipinski definition) is 2. The zero-order chi connectivity index (χ0) is 21.2. The Morgan fingerprint density at radius 1 is 0.724 bits per heavy atom. The van der Waals surface area contributed by atoms with Gasteiger partial charge in [-0.05, 0) is 74.5 Å². The van der Waals surface area contributed by atoms with Crippen molar-refractivity contribution in [3.63, 3.8) is 0 Å². The molecule has 2 N–H and O–H groups in total. The van der Waals surface area contributed by atoms with Crippen LogP contribution in [0, 0.1) is 13.8 Å². The Kier molecular flexibility index (Phi) is 5.56. The maximum atomic E-state index is 12.3. The van der Waals surface area contributed by atoms with Gasteiger partial charge in [-0.3, -0.25) is 20.4 Å².